The van der Waals surface area contributed by atoms with Crippen LogP contribution in [0.2, 0.25) is 10.0 Å². The summed E-state index contributed by atoms with van der Waals surface area (Å²) in [5.74, 6) is -0.00283. The van der Waals surface area contributed by atoms with Gasteiger partial charge in [-0.3, -0.25) is 4.79 Å². The third-order valence-corrected chi connectivity index (χ3v) is 2.58. The molecule has 0 spiro atoms. The van der Waals surface area contributed by atoms with Crippen molar-refractivity contribution in [2.24, 2.45) is 0 Å². The van der Waals surface area contributed by atoms with Crippen LogP contribution in [0.3, 0.4) is 0 Å². The van der Waals surface area contributed by atoms with Gasteiger partial charge < -0.3 is 9.72 Å². The molecule has 1 aromatic carbocycles. The molecule has 0 bridgehead atoms. The Hall–Kier alpha value is -1.19. The molecule has 0 saturated carbocycles. The monoisotopic (exact) mass is 243 g/mol. The number of halogens is 2. The summed E-state index contributed by atoms with van der Waals surface area (Å²) in [7, 11) is 0. The molecule has 2 rings (SSSR count). The molecule has 0 radical (unpaired) electrons. The fourth-order valence-corrected chi connectivity index (χ4v) is 1.84. The largest absolute Gasteiger partial charge is 0.424 e. The molecule has 0 unspecified atom stereocenters. The lowest BCUT2D eigenvalue weighted by Gasteiger charge is -2.00. The first-order valence-corrected chi connectivity index (χ1v) is 4.98. The molecule has 0 saturated heterocycles. The zero-order valence-corrected chi connectivity index (χ0v) is 9.32. The summed E-state index contributed by atoms with van der Waals surface area (Å²) in [5.41, 5.74) is 0.667. The highest BCUT2D eigenvalue weighted by Crippen LogP contribution is 2.35. The summed E-state index contributed by atoms with van der Waals surface area (Å²) >= 11 is 11.9. The fourth-order valence-electron chi connectivity index (χ4n) is 1.38. The standard InChI is InChI=1S/C10H7Cl2NO2/c1-5(14)15-8-4-13-10-7(12)3-2-6(11)9(8)10/h2-4,13H,1H3. The maximum Gasteiger partial charge on any atom is 0.308 e. The van der Waals surface area contributed by atoms with Gasteiger partial charge in [-0.05, 0) is 12.1 Å². The van der Waals surface area contributed by atoms with Crippen LogP contribution >= 0.6 is 23.2 Å². The van der Waals surface area contributed by atoms with Crippen LogP contribution in [0.25, 0.3) is 10.9 Å². The van der Waals surface area contributed by atoms with Crippen LogP contribution in [0.4, 0.5) is 0 Å². The van der Waals surface area contributed by atoms with Gasteiger partial charge in [0.25, 0.3) is 0 Å². The van der Waals surface area contributed by atoms with Gasteiger partial charge in [-0.2, -0.15) is 0 Å². The minimum atomic E-state index is -0.396. The third-order valence-electron chi connectivity index (χ3n) is 1.95. The molecule has 78 valence electrons. The summed E-state index contributed by atoms with van der Waals surface area (Å²) in [5, 5.41) is 1.65. The van der Waals surface area contributed by atoms with E-state index in [1.54, 1.807) is 18.3 Å². The summed E-state index contributed by atoms with van der Waals surface area (Å²) in [4.78, 5) is 13.7. The topological polar surface area (TPSA) is 42.1 Å². The normalized spacial score (nSPS) is 10.6. The van der Waals surface area contributed by atoms with Crippen LogP contribution in [-0.4, -0.2) is 11.0 Å². The molecule has 3 nitrogen and oxygen atoms in total. The number of hydrogen-bond acceptors (Lipinski definition) is 2. The molecule has 1 N–H and O–H groups in total. The summed E-state index contributed by atoms with van der Waals surface area (Å²) in [6.45, 7) is 1.33. The Morgan fingerprint density at radius 2 is 2.00 bits per heavy atom. The Morgan fingerprint density at radius 3 is 2.67 bits per heavy atom. The molecule has 0 atom stereocenters. The molecule has 0 aliphatic heterocycles. The Labute approximate surface area is 95.9 Å². The Morgan fingerprint density at radius 1 is 1.33 bits per heavy atom. The van der Waals surface area contributed by atoms with Crippen molar-refractivity contribution in [2.45, 2.75) is 6.92 Å². The highest BCUT2D eigenvalue weighted by Gasteiger charge is 2.12. The van der Waals surface area contributed by atoms with Crippen LogP contribution in [0.1, 0.15) is 6.92 Å². The second-order valence-electron chi connectivity index (χ2n) is 3.03. The minimum Gasteiger partial charge on any atom is -0.424 e. The number of H-pyrrole nitrogens is 1. The zero-order valence-electron chi connectivity index (χ0n) is 7.80. The van der Waals surface area contributed by atoms with E-state index in [0.717, 1.165) is 0 Å². The van der Waals surface area contributed by atoms with Crippen LogP contribution in [0.5, 0.6) is 5.75 Å². The molecule has 5 heteroatoms. The molecular formula is C10H7Cl2NO2. The molecule has 0 fully saturated rings. The van der Waals surface area contributed by atoms with E-state index in [1.165, 1.54) is 6.92 Å². The highest BCUT2D eigenvalue weighted by atomic mass is 35.5. The van der Waals surface area contributed by atoms with Gasteiger partial charge in [0.1, 0.15) is 0 Å². The van der Waals surface area contributed by atoms with E-state index >= 15 is 0 Å². The van der Waals surface area contributed by atoms with Gasteiger partial charge in [0.15, 0.2) is 5.75 Å². The van der Waals surface area contributed by atoms with E-state index < -0.39 is 5.97 Å². The second-order valence-corrected chi connectivity index (χ2v) is 3.84. The van der Waals surface area contributed by atoms with Gasteiger partial charge in [-0.15, -0.1) is 0 Å². The number of ether oxygens (including phenoxy) is 1. The van der Waals surface area contributed by atoms with Gasteiger partial charge in [0.05, 0.1) is 20.9 Å². The lowest BCUT2D eigenvalue weighted by Crippen LogP contribution is -2.00. The van der Waals surface area contributed by atoms with E-state index in [4.69, 9.17) is 27.9 Å². The molecule has 0 aliphatic carbocycles. The van der Waals surface area contributed by atoms with Gasteiger partial charge in [-0.25, -0.2) is 0 Å². The van der Waals surface area contributed by atoms with E-state index in [-0.39, 0.29) is 0 Å². The Kier molecular flexibility index (Phi) is 2.59. The minimum absolute atomic E-state index is 0.394. The van der Waals surface area contributed by atoms with E-state index in [9.17, 15) is 4.79 Å². The third kappa shape index (κ3) is 1.80. The van der Waals surface area contributed by atoms with Crippen molar-refractivity contribution in [3.63, 3.8) is 0 Å². The average Bonchev–Trinajstić information content (AvgIpc) is 2.56. The molecule has 1 heterocycles. The summed E-state index contributed by atoms with van der Waals surface area (Å²) in [6, 6.07) is 3.34. The maximum atomic E-state index is 10.8. The smallest absolute Gasteiger partial charge is 0.308 e. The molecule has 0 amide bonds. The van der Waals surface area contributed by atoms with Crippen LogP contribution in [0.15, 0.2) is 18.3 Å². The average molecular weight is 244 g/mol. The fraction of sp³-hybridized carbons (Fsp3) is 0.100. The first-order chi connectivity index (χ1) is 7.09. The molecule has 15 heavy (non-hydrogen) atoms. The molecular weight excluding hydrogens is 237 g/mol. The zero-order chi connectivity index (χ0) is 11.0. The van der Waals surface area contributed by atoms with Crippen molar-refractivity contribution >= 4 is 40.1 Å². The van der Waals surface area contributed by atoms with E-state index in [2.05, 4.69) is 4.98 Å². The van der Waals surface area contributed by atoms with Crippen molar-refractivity contribution in [1.82, 2.24) is 4.98 Å². The van der Waals surface area contributed by atoms with Gasteiger partial charge in [-0.1, -0.05) is 23.2 Å². The number of aromatic amines is 1. The number of carbonyl (C=O) groups excluding carboxylic acids is 1. The summed E-state index contributed by atoms with van der Waals surface area (Å²) < 4.78 is 4.99. The SMILES string of the molecule is CC(=O)Oc1c[nH]c2c(Cl)ccc(Cl)c12. The van der Waals surface area contributed by atoms with Crippen molar-refractivity contribution in [3.8, 4) is 5.75 Å². The lowest BCUT2D eigenvalue weighted by molar-refractivity contribution is -0.131. The first-order valence-electron chi connectivity index (χ1n) is 4.23. The van der Waals surface area contributed by atoms with Crippen molar-refractivity contribution in [3.05, 3.63) is 28.4 Å². The highest BCUT2D eigenvalue weighted by molar-refractivity contribution is 6.40. The Balaban J connectivity index is 2.67. The predicted molar refractivity (Wildman–Crippen MR) is 59.6 cm³/mol. The first kappa shape index (κ1) is 10.3. The number of rotatable bonds is 1. The Bertz CT molecular complexity index is 533. The van der Waals surface area contributed by atoms with Crippen LogP contribution < -0.4 is 4.74 Å². The van der Waals surface area contributed by atoms with Gasteiger partial charge in [0.2, 0.25) is 0 Å². The number of fused-ring (bicyclic) bond motifs is 1. The maximum absolute atomic E-state index is 10.8. The number of hydrogen-bond donors (Lipinski definition) is 1. The predicted octanol–water partition coefficient (Wildman–Crippen LogP) is 3.40. The van der Waals surface area contributed by atoms with Gasteiger partial charge >= 0.3 is 5.97 Å². The summed E-state index contributed by atoms with van der Waals surface area (Å²) in [6.07, 6.45) is 1.56. The number of esters is 1. The van der Waals surface area contributed by atoms with E-state index in [0.29, 0.717) is 26.7 Å². The lowest BCUT2D eigenvalue weighted by atomic mass is 10.2. The quantitative estimate of drug-likeness (QED) is 0.781. The molecule has 2 aromatic rings. The molecule has 1 aromatic heterocycles. The number of carbonyl (C=O) groups is 1. The van der Waals surface area contributed by atoms with Crippen LogP contribution in [0, 0.1) is 0 Å². The van der Waals surface area contributed by atoms with Crippen molar-refractivity contribution in [1.29, 1.82) is 0 Å². The number of nitrogens with one attached hydrogen (secondary N) is 1. The van der Waals surface area contributed by atoms with Crippen molar-refractivity contribution < 1.29 is 9.53 Å². The number of aromatic nitrogens is 1. The second kappa shape index (κ2) is 3.76. The molecule has 0 aliphatic rings. The van der Waals surface area contributed by atoms with Gasteiger partial charge in [0, 0.05) is 13.1 Å². The van der Waals surface area contributed by atoms with E-state index in [1.807, 2.05) is 0 Å². The van der Waals surface area contributed by atoms with Crippen LogP contribution in [-0.2, 0) is 4.79 Å². The number of benzene rings is 1. The van der Waals surface area contributed by atoms with Crippen molar-refractivity contribution in [2.75, 3.05) is 0 Å².